The van der Waals surface area contributed by atoms with E-state index in [1.54, 1.807) is 36.4 Å². The van der Waals surface area contributed by atoms with Gasteiger partial charge in [0.2, 0.25) is 15.9 Å². The minimum Gasteiger partial charge on any atom is -0.493 e. The lowest BCUT2D eigenvalue weighted by atomic mass is 10.2. The number of amides is 2. The molecule has 0 bridgehead atoms. The molecule has 3 N–H and O–H groups in total. The van der Waals surface area contributed by atoms with Crippen LogP contribution in [0.1, 0.15) is 22.5 Å². The number of carbonyl (C=O) groups is 2. The summed E-state index contributed by atoms with van der Waals surface area (Å²) in [6, 6.07) is 14.4. The zero-order valence-corrected chi connectivity index (χ0v) is 19.5. The maximum absolute atomic E-state index is 12.5. The molecule has 2 amide bonds. The van der Waals surface area contributed by atoms with Gasteiger partial charge in [-0.1, -0.05) is 12.1 Å². The van der Waals surface area contributed by atoms with Crippen molar-refractivity contribution >= 4 is 27.5 Å². The summed E-state index contributed by atoms with van der Waals surface area (Å²) >= 11 is 0. The van der Waals surface area contributed by atoms with E-state index in [1.807, 2.05) is 0 Å². The van der Waals surface area contributed by atoms with E-state index < -0.39 is 10.0 Å². The Morgan fingerprint density at radius 2 is 1.76 bits per heavy atom. The summed E-state index contributed by atoms with van der Waals surface area (Å²) in [6.45, 7) is 0.132. The van der Waals surface area contributed by atoms with Crippen molar-refractivity contribution in [3.05, 3.63) is 72.2 Å². The Bertz CT molecular complexity index is 1240. The molecular weight excluding hydrogens is 462 g/mol. The number of hydrogen-bond donors (Lipinski definition) is 3. The highest BCUT2D eigenvalue weighted by atomic mass is 32.2. The van der Waals surface area contributed by atoms with E-state index in [4.69, 9.17) is 13.9 Å². The van der Waals surface area contributed by atoms with Crippen LogP contribution in [-0.4, -0.2) is 41.0 Å². The summed E-state index contributed by atoms with van der Waals surface area (Å²) in [5.41, 5.74) is 1.31. The molecule has 1 aromatic heterocycles. The highest BCUT2D eigenvalue weighted by molar-refractivity contribution is 7.89. The van der Waals surface area contributed by atoms with Crippen LogP contribution in [0.2, 0.25) is 0 Å². The summed E-state index contributed by atoms with van der Waals surface area (Å²) in [6.07, 6.45) is 1.36. The molecule has 0 aliphatic rings. The molecule has 180 valence electrons. The van der Waals surface area contributed by atoms with Crippen LogP contribution in [0.25, 0.3) is 0 Å². The number of carbonyl (C=O) groups excluding carboxylic acids is 2. The second kappa shape index (κ2) is 11.3. The van der Waals surface area contributed by atoms with Crippen LogP contribution in [0, 0.1) is 0 Å². The molecule has 0 fully saturated rings. The minimum absolute atomic E-state index is 0.000955. The third-order valence-corrected chi connectivity index (χ3v) is 6.19. The van der Waals surface area contributed by atoms with Crippen molar-refractivity contribution in [2.24, 2.45) is 0 Å². The number of benzene rings is 2. The quantitative estimate of drug-likeness (QED) is 0.378. The molecule has 3 aromatic rings. The van der Waals surface area contributed by atoms with Crippen molar-refractivity contribution in [1.29, 1.82) is 0 Å². The van der Waals surface area contributed by atoms with E-state index in [9.17, 15) is 18.0 Å². The first kappa shape index (κ1) is 24.8. The Labute approximate surface area is 197 Å². The fraction of sp³-hybridized carbons (Fsp3) is 0.217. The Hall–Kier alpha value is -3.83. The molecule has 34 heavy (non-hydrogen) atoms. The van der Waals surface area contributed by atoms with Crippen molar-refractivity contribution in [2.75, 3.05) is 26.1 Å². The zero-order chi connectivity index (χ0) is 24.6. The molecule has 0 unspecified atom stereocenters. The molecule has 3 rings (SSSR count). The Kier molecular flexibility index (Phi) is 8.28. The zero-order valence-electron chi connectivity index (χ0n) is 18.7. The highest BCUT2D eigenvalue weighted by Crippen LogP contribution is 2.29. The van der Waals surface area contributed by atoms with Gasteiger partial charge in [0.15, 0.2) is 17.3 Å². The summed E-state index contributed by atoms with van der Waals surface area (Å²) in [7, 11) is -0.964. The van der Waals surface area contributed by atoms with E-state index in [-0.39, 0.29) is 47.7 Å². The van der Waals surface area contributed by atoms with Gasteiger partial charge >= 0.3 is 0 Å². The standard InChI is InChI=1S/C23H25N3O7S/c1-31-19-9-8-18(14-21(19)32-2)34(29,30)25-11-10-22(27)24-15-16-5-3-6-17(13-16)26-23(28)20-7-4-12-33-20/h3-9,12-14,25H,10-11,15H2,1-2H3,(H,24,27)(H,26,28). The van der Waals surface area contributed by atoms with Gasteiger partial charge in [0.1, 0.15) is 0 Å². The van der Waals surface area contributed by atoms with E-state index in [1.165, 1.54) is 38.7 Å². The first-order chi connectivity index (χ1) is 16.3. The third kappa shape index (κ3) is 6.59. The van der Waals surface area contributed by atoms with Gasteiger partial charge in [0.25, 0.3) is 5.91 Å². The van der Waals surface area contributed by atoms with Crippen molar-refractivity contribution in [3.8, 4) is 11.5 Å². The molecule has 0 aliphatic carbocycles. The van der Waals surface area contributed by atoms with Crippen LogP contribution >= 0.6 is 0 Å². The monoisotopic (exact) mass is 487 g/mol. The number of hydrogen-bond acceptors (Lipinski definition) is 7. The molecule has 2 aromatic carbocycles. The smallest absolute Gasteiger partial charge is 0.291 e. The molecule has 0 aliphatic heterocycles. The van der Waals surface area contributed by atoms with E-state index in [0.717, 1.165) is 5.56 Å². The van der Waals surface area contributed by atoms with Crippen LogP contribution < -0.4 is 24.8 Å². The first-order valence-electron chi connectivity index (χ1n) is 10.2. The largest absolute Gasteiger partial charge is 0.493 e. The molecule has 0 atom stereocenters. The van der Waals surface area contributed by atoms with Gasteiger partial charge in [-0.3, -0.25) is 9.59 Å². The number of sulfonamides is 1. The number of methoxy groups -OCH3 is 2. The summed E-state index contributed by atoms with van der Waals surface area (Å²) < 4.78 is 42.7. The molecule has 1 heterocycles. The summed E-state index contributed by atoms with van der Waals surface area (Å²) in [5, 5.41) is 5.44. The average molecular weight is 488 g/mol. The highest BCUT2D eigenvalue weighted by Gasteiger charge is 2.17. The average Bonchev–Trinajstić information content (AvgIpc) is 3.38. The van der Waals surface area contributed by atoms with Gasteiger partial charge in [-0.25, -0.2) is 13.1 Å². The lowest BCUT2D eigenvalue weighted by Crippen LogP contribution is -2.30. The molecule has 0 saturated carbocycles. The van der Waals surface area contributed by atoms with Gasteiger partial charge in [0.05, 0.1) is 25.4 Å². The Morgan fingerprint density at radius 1 is 0.971 bits per heavy atom. The SMILES string of the molecule is COc1ccc(S(=O)(=O)NCCC(=O)NCc2cccc(NC(=O)c3ccco3)c2)cc1OC. The van der Waals surface area contributed by atoms with Crippen molar-refractivity contribution < 1.29 is 31.9 Å². The van der Waals surface area contributed by atoms with E-state index in [2.05, 4.69) is 15.4 Å². The van der Waals surface area contributed by atoms with Crippen LogP contribution in [0.3, 0.4) is 0 Å². The number of furan rings is 1. The lowest BCUT2D eigenvalue weighted by molar-refractivity contribution is -0.121. The number of nitrogens with one attached hydrogen (secondary N) is 3. The summed E-state index contributed by atoms with van der Waals surface area (Å²) in [4.78, 5) is 24.3. The van der Waals surface area contributed by atoms with E-state index >= 15 is 0 Å². The van der Waals surface area contributed by atoms with Gasteiger partial charge in [0, 0.05) is 31.3 Å². The topological polar surface area (TPSA) is 136 Å². The first-order valence-corrected chi connectivity index (χ1v) is 11.7. The van der Waals surface area contributed by atoms with Crippen molar-refractivity contribution in [1.82, 2.24) is 10.0 Å². The summed E-state index contributed by atoms with van der Waals surface area (Å²) in [5.74, 6) is 0.165. The number of ether oxygens (including phenoxy) is 2. The van der Waals surface area contributed by atoms with Gasteiger partial charge in [-0.15, -0.1) is 0 Å². The second-order valence-electron chi connectivity index (χ2n) is 7.07. The predicted octanol–water partition coefficient (Wildman–Crippen LogP) is 2.53. The molecular formula is C23H25N3O7S. The molecule has 10 nitrogen and oxygen atoms in total. The molecule has 11 heteroatoms. The molecule has 0 radical (unpaired) electrons. The van der Waals surface area contributed by atoms with Gasteiger partial charge < -0.3 is 24.5 Å². The fourth-order valence-electron chi connectivity index (χ4n) is 3.01. The third-order valence-electron chi connectivity index (χ3n) is 4.73. The Balaban J connectivity index is 1.48. The maximum Gasteiger partial charge on any atom is 0.291 e. The maximum atomic E-state index is 12.5. The van der Waals surface area contributed by atoms with Gasteiger partial charge in [-0.2, -0.15) is 0 Å². The number of rotatable bonds is 11. The van der Waals surface area contributed by atoms with Crippen molar-refractivity contribution in [3.63, 3.8) is 0 Å². The number of anilines is 1. The van der Waals surface area contributed by atoms with Crippen LogP contribution in [0.15, 0.2) is 70.2 Å². The van der Waals surface area contributed by atoms with Crippen LogP contribution in [-0.2, 0) is 21.4 Å². The molecule has 0 saturated heterocycles. The lowest BCUT2D eigenvalue weighted by Gasteiger charge is -2.11. The van der Waals surface area contributed by atoms with Crippen molar-refractivity contribution in [2.45, 2.75) is 17.9 Å². The molecule has 0 spiro atoms. The predicted molar refractivity (Wildman–Crippen MR) is 124 cm³/mol. The van der Waals surface area contributed by atoms with Gasteiger partial charge in [-0.05, 0) is 42.0 Å². The van der Waals surface area contributed by atoms with Crippen LogP contribution in [0.4, 0.5) is 5.69 Å². The fourth-order valence-corrected chi connectivity index (χ4v) is 4.06. The minimum atomic E-state index is -3.83. The van der Waals surface area contributed by atoms with E-state index in [0.29, 0.717) is 11.4 Å². The second-order valence-corrected chi connectivity index (χ2v) is 8.84. The normalized spacial score (nSPS) is 11.0. The van der Waals surface area contributed by atoms with Crippen LogP contribution in [0.5, 0.6) is 11.5 Å². The Morgan fingerprint density at radius 3 is 2.47 bits per heavy atom.